The van der Waals surface area contributed by atoms with E-state index in [1.54, 1.807) is 6.92 Å². The first kappa shape index (κ1) is 14.2. The molecule has 0 atom stereocenters. The molecule has 0 aliphatic heterocycles. The zero-order valence-corrected chi connectivity index (χ0v) is 10.9. The number of nitrogens with two attached hydrogens (primary N) is 1. The number of ether oxygens (including phenoxy) is 1. The second-order valence-corrected chi connectivity index (χ2v) is 5.45. The molecule has 0 radical (unpaired) electrons. The fourth-order valence-corrected chi connectivity index (χ4v) is 2.08. The zero-order valence-electron chi connectivity index (χ0n) is 10.1. The average Bonchev–Trinajstić information content (AvgIpc) is 2.26. The Morgan fingerprint density at radius 3 is 2.78 bits per heavy atom. The highest BCUT2D eigenvalue weighted by Gasteiger charge is 2.13. The number of carbonyl (C=O) groups is 1. The van der Waals surface area contributed by atoms with Crippen LogP contribution in [0.2, 0.25) is 0 Å². The summed E-state index contributed by atoms with van der Waals surface area (Å²) in [6, 6.07) is 1.31. The van der Waals surface area contributed by atoms with Crippen molar-refractivity contribution in [3.05, 3.63) is 24.0 Å². The lowest BCUT2D eigenvalue weighted by Crippen LogP contribution is -2.05. The van der Waals surface area contributed by atoms with E-state index in [9.17, 15) is 13.2 Å². The number of esters is 1. The van der Waals surface area contributed by atoms with Gasteiger partial charge in [0.05, 0.1) is 22.9 Å². The Hall–Kier alpha value is -1.89. The van der Waals surface area contributed by atoms with E-state index in [-0.39, 0.29) is 22.9 Å². The van der Waals surface area contributed by atoms with Gasteiger partial charge in [0.15, 0.2) is 9.84 Å². The molecule has 0 fully saturated rings. The summed E-state index contributed by atoms with van der Waals surface area (Å²) in [5.74, 6) is -0.538. The first-order chi connectivity index (χ1) is 8.36. The molecule has 18 heavy (non-hydrogen) atoms. The largest absolute Gasteiger partial charge is 0.463 e. The predicted octanol–water partition coefficient (Wildman–Crippen LogP) is 0.644. The van der Waals surface area contributed by atoms with Gasteiger partial charge in [0.1, 0.15) is 0 Å². The molecule has 98 valence electrons. The molecule has 6 nitrogen and oxygen atoms in total. The highest BCUT2D eigenvalue weighted by molar-refractivity contribution is 7.90. The van der Waals surface area contributed by atoms with Crippen LogP contribution in [0.15, 0.2) is 23.2 Å². The number of hydrogen-bond acceptors (Lipinski definition) is 6. The number of nitrogens with zero attached hydrogens (tertiary/aromatic N) is 1. The van der Waals surface area contributed by atoms with Crippen LogP contribution >= 0.6 is 0 Å². The van der Waals surface area contributed by atoms with E-state index in [0.717, 1.165) is 12.3 Å². The SMILES string of the molecule is CCOC(=O)C=Cc1nccc(S(C)(=O)=O)c1N. The van der Waals surface area contributed by atoms with Crippen LogP contribution in [-0.2, 0) is 19.4 Å². The number of nitrogen functional groups attached to an aromatic ring is 1. The molecule has 1 heterocycles. The Morgan fingerprint density at radius 2 is 2.22 bits per heavy atom. The molecule has 0 bridgehead atoms. The number of anilines is 1. The molecule has 0 saturated heterocycles. The summed E-state index contributed by atoms with van der Waals surface area (Å²) in [5, 5.41) is 0. The van der Waals surface area contributed by atoms with Gasteiger partial charge in [-0.25, -0.2) is 13.2 Å². The van der Waals surface area contributed by atoms with E-state index in [1.165, 1.54) is 18.3 Å². The summed E-state index contributed by atoms with van der Waals surface area (Å²) >= 11 is 0. The van der Waals surface area contributed by atoms with Gasteiger partial charge in [-0.2, -0.15) is 0 Å². The van der Waals surface area contributed by atoms with Gasteiger partial charge >= 0.3 is 5.97 Å². The quantitative estimate of drug-likeness (QED) is 0.636. The summed E-state index contributed by atoms with van der Waals surface area (Å²) in [4.78, 5) is 15.0. The molecule has 0 spiro atoms. The molecule has 0 saturated carbocycles. The van der Waals surface area contributed by atoms with E-state index in [2.05, 4.69) is 9.72 Å². The first-order valence-electron chi connectivity index (χ1n) is 5.15. The average molecular weight is 270 g/mol. The number of sulfone groups is 1. The second kappa shape index (κ2) is 5.63. The number of pyridine rings is 1. The third kappa shape index (κ3) is 3.56. The second-order valence-electron chi connectivity index (χ2n) is 3.47. The van der Waals surface area contributed by atoms with E-state index in [0.29, 0.717) is 0 Å². The van der Waals surface area contributed by atoms with Crippen molar-refractivity contribution in [1.29, 1.82) is 0 Å². The molecule has 0 aliphatic rings. The summed E-state index contributed by atoms with van der Waals surface area (Å²) in [6.45, 7) is 1.94. The normalized spacial score (nSPS) is 11.7. The topological polar surface area (TPSA) is 99.3 Å². The van der Waals surface area contributed by atoms with Crippen LogP contribution in [0, 0.1) is 0 Å². The van der Waals surface area contributed by atoms with Crippen LogP contribution in [-0.4, -0.2) is 32.2 Å². The molecular weight excluding hydrogens is 256 g/mol. The van der Waals surface area contributed by atoms with Crippen LogP contribution in [0.25, 0.3) is 6.08 Å². The van der Waals surface area contributed by atoms with Crippen LogP contribution < -0.4 is 5.73 Å². The monoisotopic (exact) mass is 270 g/mol. The van der Waals surface area contributed by atoms with E-state index < -0.39 is 15.8 Å². The van der Waals surface area contributed by atoms with E-state index >= 15 is 0 Å². The first-order valence-corrected chi connectivity index (χ1v) is 7.04. The maximum atomic E-state index is 11.4. The standard InChI is InChI=1S/C11H14N2O4S/c1-3-17-10(14)5-4-8-11(12)9(6-7-13-8)18(2,15)16/h4-7H,3,12H2,1-2H3. The summed E-state index contributed by atoms with van der Waals surface area (Å²) < 4.78 is 27.5. The molecule has 1 aromatic rings. The fraction of sp³-hybridized carbons (Fsp3) is 0.273. The van der Waals surface area contributed by atoms with Crippen molar-refractivity contribution in [2.24, 2.45) is 0 Å². The zero-order chi connectivity index (χ0) is 13.8. The Kier molecular flexibility index (Phi) is 4.43. The molecule has 7 heteroatoms. The van der Waals surface area contributed by atoms with Crippen molar-refractivity contribution in [2.75, 3.05) is 18.6 Å². The Balaban J connectivity index is 3.09. The van der Waals surface area contributed by atoms with Crippen molar-refractivity contribution in [2.45, 2.75) is 11.8 Å². The highest BCUT2D eigenvalue weighted by Crippen LogP contribution is 2.21. The maximum Gasteiger partial charge on any atom is 0.330 e. The number of rotatable bonds is 4. The third-order valence-corrected chi connectivity index (χ3v) is 3.20. The molecule has 0 aromatic carbocycles. The lowest BCUT2D eigenvalue weighted by Gasteiger charge is -2.05. The Bertz CT molecular complexity index is 579. The highest BCUT2D eigenvalue weighted by atomic mass is 32.2. The molecule has 1 aromatic heterocycles. The third-order valence-electron chi connectivity index (χ3n) is 2.04. The van der Waals surface area contributed by atoms with Gasteiger partial charge in [-0.15, -0.1) is 0 Å². The Labute approximate surface area is 105 Å². The van der Waals surface area contributed by atoms with Crippen molar-refractivity contribution in [3.8, 4) is 0 Å². The molecule has 1 rings (SSSR count). The van der Waals surface area contributed by atoms with Gasteiger partial charge < -0.3 is 10.5 Å². The number of carbonyl (C=O) groups excluding carboxylic acids is 1. The van der Waals surface area contributed by atoms with Gasteiger partial charge in [0.25, 0.3) is 0 Å². The van der Waals surface area contributed by atoms with Gasteiger partial charge in [0, 0.05) is 18.5 Å². The molecular formula is C11H14N2O4S. The minimum Gasteiger partial charge on any atom is -0.463 e. The lowest BCUT2D eigenvalue weighted by atomic mass is 10.3. The van der Waals surface area contributed by atoms with Crippen LogP contribution in [0.4, 0.5) is 5.69 Å². The Morgan fingerprint density at radius 1 is 1.56 bits per heavy atom. The van der Waals surface area contributed by atoms with E-state index in [4.69, 9.17) is 5.73 Å². The lowest BCUT2D eigenvalue weighted by molar-refractivity contribution is -0.137. The minimum atomic E-state index is -3.42. The maximum absolute atomic E-state index is 11.4. The van der Waals surface area contributed by atoms with Gasteiger partial charge in [-0.05, 0) is 19.1 Å². The number of hydrogen-bond donors (Lipinski definition) is 1. The molecule has 0 amide bonds. The van der Waals surface area contributed by atoms with Crippen molar-refractivity contribution in [1.82, 2.24) is 4.98 Å². The molecule has 0 aliphatic carbocycles. The minimum absolute atomic E-state index is 0.0130. The van der Waals surface area contributed by atoms with Crippen LogP contribution in [0.1, 0.15) is 12.6 Å². The van der Waals surface area contributed by atoms with Crippen LogP contribution in [0.5, 0.6) is 0 Å². The van der Waals surface area contributed by atoms with Gasteiger partial charge in [-0.1, -0.05) is 0 Å². The van der Waals surface area contributed by atoms with Crippen molar-refractivity contribution < 1.29 is 17.9 Å². The summed E-state index contributed by atoms with van der Waals surface area (Å²) in [7, 11) is -3.42. The van der Waals surface area contributed by atoms with Crippen molar-refractivity contribution in [3.63, 3.8) is 0 Å². The van der Waals surface area contributed by atoms with Crippen LogP contribution in [0.3, 0.4) is 0 Å². The smallest absolute Gasteiger partial charge is 0.330 e. The molecule has 0 unspecified atom stereocenters. The summed E-state index contributed by atoms with van der Waals surface area (Å²) in [6.07, 6.45) is 4.84. The summed E-state index contributed by atoms with van der Waals surface area (Å²) in [5.41, 5.74) is 5.91. The van der Waals surface area contributed by atoms with Gasteiger partial charge in [-0.3, -0.25) is 4.98 Å². The fourth-order valence-electron chi connectivity index (χ4n) is 1.26. The van der Waals surface area contributed by atoms with Crippen molar-refractivity contribution >= 4 is 27.6 Å². The van der Waals surface area contributed by atoms with Gasteiger partial charge in [0.2, 0.25) is 0 Å². The van der Waals surface area contributed by atoms with E-state index in [1.807, 2.05) is 0 Å². The predicted molar refractivity (Wildman–Crippen MR) is 67.4 cm³/mol. The number of aromatic nitrogens is 1. The molecule has 2 N–H and O–H groups in total.